The number of aliphatic hydroxyl groups is 4. The first kappa shape index (κ1) is 46.3. The minimum Gasteiger partial charge on any atom is -0.659 e. The summed E-state index contributed by atoms with van der Waals surface area (Å²) < 4.78 is 0. The van der Waals surface area contributed by atoms with Gasteiger partial charge in [-0.1, -0.05) is 53.4 Å². The standard InChI is InChI=1S/2C10H22N2O2.2H2O.2Pd/c2*1-3-9(7-13)11-5-6-12-10(4-2)8-14;;;;/h2*9-10,13-14H,3-8H2,1-2H3;2*1H2;;/q2*-2;;;2*+2. The third kappa shape index (κ3) is 29.0. The molecule has 32 heavy (non-hydrogen) atoms. The van der Waals surface area contributed by atoms with Crippen molar-refractivity contribution in [2.75, 3.05) is 52.6 Å². The van der Waals surface area contributed by atoms with Crippen LogP contribution in [0, 0.1) is 0 Å². The Kier molecular flexibility index (Phi) is 52.8. The van der Waals surface area contributed by atoms with E-state index in [0.29, 0.717) is 26.2 Å². The minimum atomic E-state index is 0. The predicted molar refractivity (Wildman–Crippen MR) is 125 cm³/mol. The van der Waals surface area contributed by atoms with Gasteiger partial charge in [0, 0.05) is 26.4 Å². The molecule has 0 spiro atoms. The molecule has 0 bridgehead atoms. The SMILES string of the molecule is CCC(CO)[N-]CC[N-]C(CC)CO.CCC(CO)[N-]CC[N-]C(CC)CO.O.O.[Pd+2].[Pd+2]. The second kappa shape index (κ2) is 36.5. The Hall–Kier alpha value is 0.925. The van der Waals surface area contributed by atoms with Gasteiger partial charge in [-0.05, 0) is 0 Å². The number of rotatable bonds is 18. The maximum absolute atomic E-state index is 8.86. The number of hydrogen-bond donors (Lipinski definition) is 4. The van der Waals surface area contributed by atoms with Crippen LogP contribution in [-0.4, -0.2) is 108 Å². The fourth-order valence-corrected chi connectivity index (χ4v) is 2.22. The van der Waals surface area contributed by atoms with Gasteiger partial charge in [-0.15, -0.1) is 24.2 Å². The van der Waals surface area contributed by atoms with E-state index in [-0.39, 0.29) is 102 Å². The molecule has 0 saturated carbocycles. The Bertz CT molecular complexity index is 245. The molecule has 0 aromatic rings. The Morgan fingerprint density at radius 2 is 0.594 bits per heavy atom. The third-order valence-corrected chi connectivity index (χ3v) is 4.48. The van der Waals surface area contributed by atoms with Gasteiger partial charge in [0.15, 0.2) is 0 Å². The normalized spacial score (nSPS) is 13.5. The van der Waals surface area contributed by atoms with Gasteiger partial charge in [0.25, 0.3) is 0 Å². The average Bonchev–Trinajstić information content (AvgIpc) is 2.74. The zero-order chi connectivity index (χ0) is 21.6. The topological polar surface area (TPSA) is 200 Å². The first-order valence-corrected chi connectivity index (χ1v) is 10.7. The van der Waals surface area contributed by atoms with Gasteiger partial charge in [0.05, 0.1) is 0 Å². The molecule has 8 N–H and O–H groups in total. The van der Waals surface area contributed by atoms with E-state index in [0.717, 1.165) is 25.7 Å². The van der Waals surface area contributed by atoms with Gasteiger partial charge in [-0.3, -0.25) is 0 Å². The molecule has 0 radical (unpaired) electrons. The second-order valence-electron chi connectivity index (χ2n) is 6.60. The van der Waals surface area contributed by atoms with Crippen LogP contribution in [0.3, 0.4) is 0 Å². The largest absolute Gasteiger partial charge is 2.00 e. The van der Waals surface area contributed by atoms with Crippen LogP contribution in [0.15, 0.2) is 0 Å². The van der Waals surface area contributed by atoms with Crippen molar-refractivity contribution < 1.29 is 72.2 Å². The summed E-state index contributed by atoms with van der Waals surface area (Å²) in [6.07, 6.45) is 3.48. The molecule has 204 valence electrons. The Morgan fingerprint density at radius 1 is 0.438 bits per heavy atom. The van der Waals surface area contributed by atoms with Crippen molar-refractivity contribution in [2.45, 2.75) is 77.5 Å². The molecule has 12 heteroatoms. The molecule has 0 aromatic heterocycles. The summed E-state index contributed by atoms with van der Waals surface area (Å²) >= 11 is 0. The van der Waals surface area contributed by atoms with E-state index in [1.165, 1.54) is 0 Å². The van der Waals surface area contributed by atoms with Crippen LogP contribution in [0.1, 0.15) is 53.4 Å². The smallest absolute Gasteiger partial charge is 0.659 e. The Labute approximate surface area is 223 Å². The van der Waals surface area contributed by atoms with Crippen molar-refractivity contribution in [1.82, 2.24) is 0 Å². The monoisotopic (exact) mass is 652 g/mol. The molecule has 0 aliphatic heterocycles. The third-order valence-electron chi connectivity index (χ3n) is 4.48. The van der Waals surface area contributed by atoms with Crippen molar-refractivity contribution >= 4 is 0 Å². The molecule has 0 aromatic carbocycles. The van der Waals surface area contributed by atoms with Gasteiger partial charge in [-0.2, -0.15) is 26.2 Å². The quantitative estimate of drug-likeness (QED) is 0.126. The van der Waals surface area contributed by atoms with Crippen LogP contribution in [0.2, 0.25) is 0 Å². The maximum Gasteiger partial charge on any atom is 2.00 e. The summed E-state index contributed by atoms with van der Waals surface area (Å²) in [6, 6.07) is 0.220. The summed E-state index contributed by atoms with van der Waals surface area (Å²) in [5.74, 6) is 0. The molecule has 0 aliphatic rings. The second-order valence-corrected chi connectivity index (χ2v) is 6.60. The van der Waals surface area contributed by atoms with Crippen molar-refractivity contribution in [1.29, 1.82) is 0 Å². The van der Waals surface area contributed by atoms with Crippen LogP contribution in [0.25, 0.3) is 21.3 Å². The van der Waals surface area contributed by atoms with Crippen LogP contribution in [0.4, 0.5) is 0 Å². The fourth-order valence-electron chi connectivity index (χ4n) is 2.22. The summed E-state index contributed by atoms with van der Waals surface area (Å²) in [6.45, 7) is 11.1. The molecule has 10 nitrogen and oxygen atoms in total. The molecule has 0 fully saturated rings. The molecule has 0 heterocycles. The van der Waals surface area contributed by atoms with Crippen molar-refractivity contribution in [3.8, 4) is 0 Å². The molecule has 0 amide bonds. The first-order valence-electron chi connectivity index (χ1n) is 10.7. The van der Waals surface area contributed by atoms with E-state index in [9.17, 15) is 0 Å². The van der Waals surface area contributed by atoms with E-state index in [1.54, 1.807) is 0 Å². The van der Waals surface area contributed by atoms with E-state index < -0.39 is 0 Å². The Balaban J connectivity index is -0.0000000939. The van der Waals surface area contributed by atoms with Gasteiger partial charge in [0.2, 0.25) is 0 Å². The zero-order valence-electron chi connectivity index (χ0n) is 20.0. The van der Waals surface area contributed by atoms with Crippen molar-refractivity contribution in [3.05, 3.63) is 21.3 Å². The molecule has 0 saturated heterocycles. The van der Waals surface area contributed by atoms with E-state index in [4.69, 9.17) is 20.4 Å². The van der Waals surface area contributed by atoms with Crippen molar-refractivity contribution in [3.63, 3.8) is 0 Å². The van der Waals surface area contributed by atoms with Crippen molar-refractivity contribution in [2.24, 2.45) is 0 Å². The fraction of sp³-hybridized carbons (Fsp3) is 1.00. The molecular weight excluding hydrogens is 605 g/mol. The van der Waals surface area contributed by atoms with Gasteiger partial charge < -0.3 is 52.6 Å². The van der Waals surface area contributed by atoms with Crippen LogP contribution >= 0.6 is 0 Å². The van der Waals surface area contributed by atoms with E-state index in [2.05, 4.69) is 21.3 Å². The van der Waals surface area contributed by atoms with Gasteiger partial charge in [-0.25, -0.2) is 0 Å². The van der Waals surface area contributed by atoms with Gasteiger partial charge in [0.1, 0.15) is 0 Å². The van der Waals surface area contributed by atoms with E-state index >= 15 is 0 Å². The number of nitrogens with zero attached hydrogens (tertiary/aromatic N) is 4. The summed E-state index contributed by atoms with van der Waals surface area (Å²) in [7, 11) is 0. The first-order chi connectivity index (χ1) is 13.6. The molecular formula is C20H48N4O6Pd2. The van der Waals surface area contributed by atoms with Crippen LogP contribution < -0.4 is 0 Å². The molecule has 4 atom stereocenters. The van der Waals surface area contributed by atoms with Gasteiger partial charge >= 0.3 is 40.8 Å². The molecule has 0 aliphatic carbocycles. The summed E-state index contributed by atoms with van der Waals surface area (Å²) in [5.41, 5.74) is 0. The summed E-state index contributed by atoms with van der Waals surface area (Å²) in [5, 5.41) is 52.6. The summed E-state index contributed by atoms with van der Waals surface area (Å²) in [4.78, 5) is 0. The average molecular weight is 653 g/mol. The Morgan fingerprint density at radius 3 is 0.688 bits per heavy atom. The van der Waals surface area contributed by atoms with E-state index in [1.807, 2.05) is 27.7 Å². The maximum atomic E-state index is 8.86. The predicted octanol–water partition coefficient (Wildman–Crippen LogP) is 0.897. The molecule has 0 rings (SSSR count). The number of hydrogen-bond acceptors (Lipinski definition) is 4. The van der Waals surface area contributed by atoms with Crippen LogP contribution in [-0.2, 0) is 40.8 Å². The molecule has 4 unspecified atom stereocenters. The van der Waals surface area contributed by atoms with Crippen LogP contribution in [0.5, 0.6) is 0 Å². The number of aliphatic hydroxyl groups excluding tert-OH is 4. The zero-order valence-corrected chi connectivity index (χ0v) is 23.1. The minimum absolute atomic E-state index is 0.